The van der Waals surface area contributed by atoms with E-state index in [1.807, 2.05) is 42.5 Å². The molecule has 36 heavy (non-hydrogen) atoms. The molecule has 0 saturated heterocycles. The Labute approximate surface area is 205 Å². The van der Waals surface area contributed by atoms with E-state index in [-0.39, 0.29) is 22.5 Å². The third kappa shape index (κ3) is 5.10. The van der Waals surface area contributed by atoms with E-state index in [0.717, 1.165) is 11.4 Å². The summed E-state index contributed by atoms with van der Waals surface area (Å²) in [6.45, 7) is 1.54. The van der Waals surface area contributed by atoms with E-state index in [4.69, 9.17) is 4.63 Å². The van der Waals surface area contributed by atoms with Gasteiger partial charge in [0.05, 0.1) is 22.0 Å². The highest BCUT2D eigenvalue weighted by atomic mass is 16.6. The largest absolute Gasteiger partial charge is 0.508 e. The van der Waals surface area contributed by atoms with Crippen LogP contribution in [-0.4, -0.2) is 35.2 Å². The summed E-state index contributed by atoms with van der Waals surface area (Å²) in [6, 6.07) is 19.5. The standard InChI is InChI=1S/C25H21N7O4/c33-23-10-7-18(28-21-8-9-22(32(34)35)25-24(21)29-36-30-25)13-17(23)14-31(15-19-5-1-3-11-26-19)16-20-6-2-4-12-27-20/h1-13,28,33H,14-16H2. The number of nitro groups is 1. The first-order valence-electron chi connectivity index (χ1n) is 11.1. The summed E-state index contributed by atoms with van der Waals surface area (Å²) in [5.74, 6) is 0.143. The van der Waals surface area contributed by atoms with Gasteiger partial charge in [0.2, 0.25) is 5.52 Å². The molecule has 0 bridgehead atoms. The van der Waals surface area contributed by atoms with Crippen LogP contribution in [-0.2, 0) is 19.6 Å². The lowest BCUT2D eigenvalue weighted by atomic mass is 10.1. The molecule has 2 aromatic carbocycles. The van der Waals surface area contributed by atoms with E-state index in [2.05, 4.69) is 30.5 Å². The number of hydrogen-bond donors (Lipinski definition) is 2. The van der Waals surface area contributed by atoms with E-state index in [1.165, 1.54) is 6.07 Å². The number of pyridine rings is 2. The monoisotopic (exact) mass is 483 g/mol. The quantitative estimate of drug-likeness (QED) is 0.174. The molecule has 11 heteroatoms. The summed E-state index contributed by atoms with van der Waals surface area (Å²) in [5, 5.41) is 32.6. The summed E-state index contributed by atoms with van der Waals surface area (Å²) in [6.07, 6.45) is 3.50. The second kappa shape index (κ2) is 10.2. The minimum absolute atomic E-state index is 0.0564. The molecule has 0 atom stereocenters. The molecule has 5 rings (SSSR count). The van der Waals surface area contributed by atoms with Crippen molar-refractivity contribution in [2.75, 3.05) is 5.32 Å². The number of aromatic hydroxyl groups is 1. The first-order valence-corrected chi connectivity index (χ1v) is 11.1. The van der Waals surface area contributed by atoms with Crippen molar-refractivity contribution in [3.05, 3.63) is 106 Å². The number of nitrogens with one attached hydrogen (secondary N) is 1. The maximum Gasteiger partial charge on any atom is 0.300 e. The highest BCUT2D eigenvalue weighted by Gasteiger charge is 2.20. The number of anilines is 2. The molecule has 180 valence electrons. The highest BCUT2D eigenvalue weighted by Crippen LogP contribution is 2.32. The van der Waals surface area contributed by atoms with Crippen molar-refractivity contribution in [3.8, 4) is 5.75 Å². The number of aromatic nitrogens is 4. The van der Waals surface area contributed by atoms with Gasteiger partial charge in [-0.3, -0.25) is 25.0 Å². The molecular weight excluding hydrogens is 462 g/mol. The highest BCUT2D eigenvalue weighted by molar-refractivity contribution is 5.94. The van der Waals surface area contributed by atoms with E-state index in [1.54, 1.807) is 30.6 Å². The Balaban J connectivity index is 1.41. The molecule has 0 aliphatic heterocycles. The van der Waals surface area contributed by atoms with Crippen LogP contribution in [0.25, 0.3) is 11.0 Å². The van der Waals surface area contributed by atoms with Crippen molar-refractivity contribution in [1.29, 1.82) is 0 Å². The summed E-state index contributed by atoms with van der Waals surface area (Å²) in [7, 11) is 0. The molecule has 2 N–H and O–H groups in total. The fraction of sp³-hybridized carbons (Fsp3) is 0.120. The van der Waals surface area contributed by atoms with Crippen LogP contribution in [0, 0.1) is 10.1 Å². The summed E-state index contributed by atoms with van der Waals surface area (Å²) < 4.78 is 4.74. The Bertz CT molecular complexity index is 1450. The second-order valence-electron chi connectivity index (χ2n) is 8.11. The lowest BCUT2D eigenvalue weighted by molar-refractivity contribution is -0.383. The zero-order valence-corrected chi connectivity index (χ0v) is 19.0. The average molecular weight is 483 g/mol. The van der Waals surface area contributed by atoms with Gasteiger partial charge in [-0.2, -0.15) is 0 Å². The third-order valence-electron chi connectivity index (χ3n) is 5.57. The number of benzene rings is 2. The van der Waals surface area contributed by atoms with Crippen LogP contribution in [0.2, 0.25) is 0 Å². The fourth-order valence-electron chi connectivity index (χ4n) is 3.90. The molecule has 3 aromatic heterocycles. The topological polar surface area (TPSA) is 143 Å². The van der Waals surface area contributed by atoms with Crippen LogP contribution in [0.5, 0.6) is 5.75 Å². The number of rotatable bonds is 9. The van der Waals surface area contributed by atoms with Gasteiger partial charge in [0.25, 0.3) is 0 Å². The molecule has 0 saturated carbocycles. The number of hydrogen-bond acceptors (Lipinski definition) is 10. The van der Waals surface area contributed by atoms with Crippen LogP contribution in [0.4, 0.5) is 17.1 Å². The fourth-order valence-corrected chi connectivity index (χ4v) is 3.90. The molecule has 0 amide bonds. The first-order chi connectivity index (χ1) is 17.6. The summed E-state index contributed by atoms with van der Waals surface area (Å²) in [5.41, 5.74) is 3.74. The van der Waals surface area contributed by atoms with Crippen molar-refractivity contribution in [2.45, 2.75) is 19.6 Å². The molecule has 0 aliphatic rings. The molecule has 0 fully saturated rings. The van der Waals surface area contributed by atoms with Gasteiger partial charge >= 0.3 is 5.69 Å². The molecular formula is C25H21N7O4. The molecule has 3 heterocycles. The molecule has 0 radical (unpaired) electrons. The second-order valence-corrected chi connectivity index (χ2v) is 8.11. The van der Waals surface area contributed by atoms with Gasteiger partial charge in [-0.15, -0.1) is 0 Å². The van der Waals surface area contributed by atoms with Crippen LogP contribution in [0.3, 0.4) is 0 Å². The van der Waals surface area contributed by atoms with Gasteiger partial charge in [0, 0.05) is 49.3 Å². The van der Waals surface area contributed by atoms with Crippen molar-refractivity contribution >= 4 is 28.1 Å². The molecule has 0 spiro atoms. The lowest BCUT2D eigenvalue weighted by Gasteiger charge is -2.22. The Morgan fingerprint density at radius 3 is 2.22 bits per heavy atom. The van der Waals surface area contributed by atoms with Crippen LogP contribution in [0.15, 0.2) is 83.8 Å². The van der Waals surface area contributed by atoms with Gasteiger partial charge in [-0.25, -0.2) is 4.63 Å². The van der Waals surface area contributed by atoms with E-state index >= 15 is 0 Å². The number of nitrogens with zero attached hydrogens (tertiary/aromatic N) is 6. The van der Waals surface area contributed by atoms with Crippen LogP contribution in [0.1, 0.15) is 17.0 Å². The Kier molecular flexibility index (Phi) is 6.45. The SMILES string of the molecule is O=[N+]([O-])c1ccc(Nc2ccc(O)c(CN(Cc3ccccn3)Cc3ccccn3)c2)c2nonc12. The lowest BCUT2D eigenvalue weighted by Crippen LogP contribution is -2.23. The predicted octanol–water partition coefficient (Wildman–Crippen LogP) is 4.57. The normalized spacial score (nSPS) is 11.1. The van der Waals surface area contributed by atoms with Gasteiger partial charge < -0.3 is 10.4 Å². The van der Waals surface area contributed by atoms with Gasteiger partial charge in [-0.1, -0.05) is 12.1 Å². The van der Waals surface area contributed by atoms with E-state index < -0.39 is 4.92 Å². The zero-order chi connectivity index (χ0) is 24.9. The average Bonchev–Trinajstić information content (AvgIpc) is 3.38. The number of phenols is 1. The minimum Gasteiger partial charge on any atom is -0.508 e. The molecule has 11 nitrogen and oxygen atoms in total. The minimum atomic E-state index is -0.535. The van der Waals surface area contributed by atoms with Gasteiger partial charge in [0.1, 0.15) is 5.75 Å². The van der Waals surface area contributed by atoms with Crippen LogP contribution >= 0.6 is 0 Å². The Hall–Kier alpha value is -4.90. The number of nitro benzene ring substituents is 1. The first kappa shape index (κ1) is 22.9. The van der Waals surface area contributed by atoms with Crippen molar-refractivity contribution in [3.63, 3.8) is 0 Å². The summed E-state index contributed by atoms with van der Waals surface area (Å²) >= 11 is 0. The smallest absolute Gasteiger partial charge is 0.300 e. The van der Waals surface area contributed by atoms with E-state index in [9.17, 15) is 15.2 Å². The number of non-ortho nitro benzene ring substituents is 1. The third-order valence-corrected chi connectivity index (χ3v) is 5.57. The predicted molar refractivity (Wildman–Crippen MR) is 131 cm³/mol. The molecule has 0 unspecified atom stereocenters. The maximum atomic E-state index is 11.3. The summed E-state index contributed by atoms with van der Waals surface area (Å²) in [4.78, 5) is 21.7. The van der Waals surface area contributed by atoms with Crippen LogP contribution < -0.4 is 5.32 Å². The van der Waals surface area contributed by atoms with Crippen molar-refractivity contribution < 1.29 is 14.7 Å². The zero-order valence-electron chi connectivity index (χ0n) is 19.0. The van der Waals surface area contributed by atoms with Crippen molar-refractivity contribution in [1.82, 2.24) is 25.2 Å². The Morgan fingerprint density at radius 1 is 0.889 bits per heavy atom. The van der Waals surface area contributed by atoms with Gasteiger partial charge in [-0.05, 0) is 58.8 Å². The molecule has 0 aliphatic carbocycles. The number of fused-ring (bicyclic) bond motifs is 1. The number of phenolic OH excluding ortho intramolecular Hbond substituents is 1. The Morgan fingerprint density at radius 2 is 1.58 bits per heavy atom. The van der Waals surface area contributed by atoms with Gasteiger partial charge in [0.15, 0.2) is 5.52 Å². The van der Waals surface area contributed by atoms with E-state index in [0.29, 0.717) is 36.6 Å². The molecule has 5 aromatic rings. The maximum absolute atomic E-state index is 11.3. The van der Waals surface area contributed by atoms with Crippen molar-refractivity contribution in [2.24, 2.45) is 0 Å².